The van der Waals surface area contributed by atoms with Crippen molar-refractivity contribution in [2.75, 3.05) is 7.11 Å². The maximum atomic E-state index is 13.5. The number of benzene rings is 2. The van der Waals surface area contributed by atoms with Crippen LogP contribution in [0.1, 0.15) is 22.9 Å². The molecule has 1 saturated heterocycles. The van der Waals surface area contributed by atoms with Gasteiger partial charge in [-0.05, 0) is 42.0 Å². The number of aliphatic hydroxyl groups excluding tert-OH is 1. The lowest BCUT2D eigenvalue weighted by Crippen LogP contribution is -2.29. The molecule has 2 heterocycles. The highest BCUT2D eigenvalue weighted by Crippen LogP contribution is 2.42. The van der Waals surface area contributed by atoms with Gasteiger partial charge in [0, 0.05) is 5.56 Å². The number of ketones is 1. The first-order valence-corrected chi connectivity index (χ1v) is 10.2. The summed E-state index contributed by atoms with van der Waals surface area (Å²) < 4.78 is 24.0. The van der Waals surface area contributed by atoms with E-state index in [1.165, 1.54) is 54.7 Å². The molecule has 164 valence electrons. The molecule has 4 rings (SSSR count). The number of carbonyl (C=O) groups excluding carboxylic acids is 2. The van der Waals surface area contributed by atoms with Gasteiger partial charge in [-0.25, -0.2) is 4.39 Å². The molecule has 1 aromatic heterocycles. The molecule has 3 aromatic rings. The number of amides is 1. The largest absolute Gasteiger partial charge is 0.507 e. The number of Topliss-reactive ketones (excluding diaryl/α,β-unsaturated/α-hetero) is 1. The first-order chi connectivity index (χ1) is 15.3. The zero-order chi connectivity index (χ0) is 23.0. The van der Waals surface area contributed by atoms with Crippen LogP contribution in [0.15, 0.2) is 64.8 Å². The molecule has 2 aromatic carbocycles. The summed E-state index contributed by atoms with van der Waals surface area (Å²) in [6.45, 7) is -0.0273. The normalized spacial score (nSPS) is 17.8. The monoisotopic (exact) mass is 475 g/mol. The average Bonchev–Trinajstić information content (AvgIpc) is 3.36. The van der Waals surface area contributed by atoms with Gasteiger partial charge >= 0.3 is 0 Å². The van der Waals surface area contributed by atoms with E-state index in [0.717, 1.165) is 0 Å². The fraction of sp³-hybridized carbons (Fsp3) is 0.130. The number of aliphatic hydroxyl groups is 1. The SMILES string of the molecule is COc1c(Cl)cc(/C(O)=C2\C(=O)C(=O)N(Cc3ccco3)C2c2ccc(F)cc2)cc1Cl. The topological polar surface area (TPSA) is 80.0 Å². The number of methoxy groups -OCH3 is 1. The van der Waals surface area contributed by atoms with Gasteiger partial charge in [0.2, 0.25) is 0 Å². The van der Waals surface area contributed by atoms with Crippen LogP contribution in [0.2, 0.25) is 10.0 Å². The Balaban J connectivity index is 1.89. The summed E-state index contributed by atoms with van der Waals surface area (Å²) in [7, 11) is 1.39. The lowest BCUT2D eigenvalue weighted by atomic mass is 9.95. The van der Waals surface area contributed by atoms with Crippen LogP contribution < -0.4 is 4.74 Å². The molecule has 0 spiro atoms. The number of furan rings is 1. The van der Waals surface area contributed by atoms with E-state index in [1.54, 1.807) is 12.1 Å². The van der Waals surface area contributed by atoms with Crippen molar-refractivity contribution >= 4 is 40.7 Å². The van der Waals surface area contributed by atoms with Crippen molar-refractivity contribution in [3.63, 3.8) is 0 Å². The van der Waals surface area contributed by atoms with Gasteiger partial charge in [0.05, 0.1) is 41.6 Å². The Bertz CT molecular complexity index is 1200. The van der Waals surface area contributed by atoms with Crippen molar-refractivity contribution in [2.45, 2.75) is 12.6 Å². The molecule has 1 fully saturated rings. The van der Waals surface area contributed by atoms with Gasteiger partial charge in [0.25, 0.3) is 11.7 Å². The first-order valence-electron chi connectivity index (χ1n) is 9.41. The Kier molecular flexibility index (Phi) is 5.95. The zero-order valence-corrected chi connectivity index (χ0v) is 18.2. The molecule has 1 amide bonds. The molecule has 0 saturated carbocycles. The van der Waals surface area contributed by atoms with Crippen LogP contribution >= 0.6 is 23.2 Å². The third kappa shape index (κ3) is 3.85. The van der Waals surface area contributed by atoms with E-state index in [2.05, 4.69) is 0 Å². The van der Waals surface area contributed by atoms with Crippen LogP contribution in [0, 0.1) is 5.82 Å². The summed E-state index contributed by atoms with van der Waals surface area (Å²) >= 11 is 12.4. The first kappa shape index (κ1) is 21.9. The summed E-state index contributed by atoms with van der Waals surface area (Å²) in [4.78, 5) is 27.2. The molecule has 0 bridgehead atoms. The van der Waals surface area contributed by atoms with Gasteiger partial charge in [0.1, 0.15) is 17.3 Å². The van der Waals surface area contributed by atoms with Crippen LogP contribution in [0.5, 0.6) is 5.75 Å². The Morgan fingerprint density at radius 1 is 1.16 bits per heavy atom. The number of ether oxygens (including phenoxy) is 1. The Morgan fingerprint density at radius 2 is 1.81 bits per heavy atom. The summed E-state index contributed by atoms with van der Waals surface area (Å²) in [6, 6.07) is 10.4. The fourth-order valence-electron chi connectivity index (χ4n) is 3.65. The number of likely N-dealkylation sites (tertiary alicyclic amines) is 1. The lowest BCUT2D eigenvalue weighted by Gasteiger charge is -2.24. The number of halogens is 3. The standard InChI is InChI=1S/C23H16Cl2FNO5/c1-31-22-16(24)9-13(10-17(22)25)20(28)18-19(12-4-6-14(26)7-5-12)27(23(30)21(18)29)11-15-3-2-8-32-15/h2-10,19,28H,11H2,1H3/b20-18+. The summed E-state index contributed by atoms with van der Waals surface area (Å²) in [5.74, 6) is -2.03. The second-order valence-electron chi connectivity index (χ2n) is 7.03. The molecule has 6 nitrogen and oxygen atoms in total. The van der Waals surface area contributed by atoms with Crippen LogP contribution in [0.25, 0.3) is 5.76 Å². The van der Waals surface area contributed by atoms with Gasteiger partial charge < -0.3 is 19.2 Å². The predicted octanol–water partition coefficient (Wildman–Crippen LogP) is 5.36. The average molecular weight is 476 g/mol. The number of rotatable bonds is 5. The van der Waals surface area contributed by atoms with Crippen molar-refractivity contribution in [3.05, 3.63) is 93.1 Å². The van der Waals surface area contributed by atoms with E-state index in [9.17, 15) is 19.1 Å². The molecule has 1 aliphatic rings. The van der Waals surface area contributed by atoms with Crippen molar-refractivity contribution in [2.24, 2.45) is 0 Å². The fourth-order valence-corrected chi connectivity index (χ4v) is 4.29. The molecule has 32 heavy (non-hydrogen) atoms. The number of nitrogens with zero attached hydrogens (tertiary/aromatic N) is 1. The third-order valence-corrected chi connectivity index (χ3v) is 5.67. The van der Waals surface area contributed by atoms with Gasteiger partial charge in [-0.3, -0.25) is 9.59 Å². The molecule has 1 atom stereocenters. The van der Waals surface area contributed by atoms with E-state index >= 15 is 0 Å². The molecule has 1 aliphatic heterocycles. The highest BCUT2D eigenvalue weighted by molar-refractivity contribution is 6.46. The molecular formula is C23H16Cl2FNO5. The Labute approximate surface area is 192 Å². The van der Waals surface area contributed by atoms with Crippen LogP contribution in [-0.2, 0) is 16.1 Å². The maximum absolute atomic E-state index is 13.5. The predicted molar refractivity (Wildman–Crippen MR) is 116 cm³/mol. The highest BCUT2D eigenvalue weighted by Gasteiger charge is 2.46. The quantitative estimate of drug-likeness (QED) is 0.305. The second kappa shape index (κ2) is 8.68. The van der Waals surface area contributed by atoms with E-state index in [-0.39, 0.29) is 33.5 Å². The third-order valence-electron chi connectivity index (χ3n) is 5.11. The Morgan fingerprint density at radius 3 is 2.38 bits per heavy atom. The van der Waals surface area contributed by atoms with Gasteiger partial charge in [0.15, 0.2) is 5.75 Å². The molecule has 9 heteroatoms. The van der Waals surface area contributed by atoms with Crippen molar-refractivity contribution < 1.29 is 28.2 Å². The summed E-state index contributed by atoms with van der Waals surface area (Å²) in [5, 5.41) is 11.3. The summed E-state index contributed by atoms with van der Waals surface area (Å²) in [6.07, 6.45) is 1.44. The Hall–Kier alpha value is -3.29. The van der Waals surface area contributed by atoms with E-state index in [0.29, 0.717) is 11.3 Å². The maximum Gasteiger partial charge on any atom is 0.296 e. The van der Waals surface area contributed by atoms with E-state index < -0.39 is 29.3 Å². The highest BCUT2D eigenvalue weighted by atomic mass is 35.5. The van der Waals surface area contributed by atoms with E-state index in [4.69, 9.17) is 32.4 Å². The molecule has 0 radical (unpaired) electrons. The summed E-state index contributed by atoms with van der Waals surface area (Å²) in [5.41, 5.74) is 0.388. The minimum atomic E-state index is -0.986. The van der Waals surface area contributed by atoms with E-state index in [1.807, 2.05) is 0 Å². The van der Waals surface area contributed by atoms with Gasteiger partial charge in [-0.15, -0.1) is 0 Å². The minimum absolute atomic E-state index is 0.0273. The zero-order valence-electron chi connectivity index (χ0n) is 16.6. The van der Waals surface area contributed by atoms with Gasteiger partial charge in [-0.1, -0.05) is 35.3 Å². The lowest BCUT2D eigenvalue weighted by molar-refractivity contribution is -0.140. The van der Waals surface area contributed by atoms with Gasteiger partial charge in [-0.2, -0.15) is 0 Å². The molecule has 1 unspecified atom stereocenters. The second-order valence-corrected chi connectivity index (χ2v) is 7.85. The van der Waals surface area contributed by atoms with Crippen LogP contribution in [0.3, 0.4) is 0 Å². The smallest absolute Gasteiger partial charge is 0.296 e. The van der Waals surface area contributed by atoms with Crippen molar-refractivity contribution in [1.29, 1.82) is 0 Å². The van der Waals surface area contributed by atoms with Crippen molar-refractivity contribution in [3.8, 4) is 5.75 Å². The van der Waals surface area contributed by atoms with Crippen LogP contribution in [-0.4, -0.2) is 28.8 Å². The van der Waals surface area contributed by atoms with Crippen LogP contribution in [0.4, 0.5) is 4.39 Å². The number of carbonyl (C=O) groups is 2. The molecule has 1 N–H and O–H groups in total. The number of hydrogen-bond donors (Lipinski definition) is 1. The molecule has 0 aliphatic carbocycles. The molecular weight excluding hydrogens is 460 g/mol. The minimum Gasteiger partial charge on any atom is -0.507 e. The van der Waals surface area contributed by atoms with Crippen molar-refractivity contribution in [1.82, 2.24) is 4.90 Å². The number of hydrogen-bond acceptors (Lipinski definition) is 5.